The number of nitrogens with zero attached hydrogens (tertiary/aromatic N) is 1. The second kappa shape index (κ2) is 12.4. The van der Waals surface area contributed by atoms with E-state index in [1.165, 1.54) is 30.3 Å². The van der Waals surface area contributed by atoms with Crippen LogP contribution in [0.15, 0.2) is 66.7 Å². The van der Waals surface area contributed by atoms with Crippen molar-refractivity contribution < 1.29 is 23.9 Å². The number of ketones is 1. The fourth-order valence-electron chi connectivity index (χ4n) is 5.51. The molecule has 4 atom stereocenters. The van der Waals surface area contributed by atoms with Crippen molar-refractivity contribution >= 4 is 46.6 Å². The number of rotatable bonds is 9. The Morgan fingerprint density at radius 3 is 2.27 bits per heavy atom. The third kappa shape index (κ3) is 6.05. The molecule has 4 rings (SSSR count). The predicted molar refractivity (Wildman–Crippen MR) is 156 cm³/mol. The van der Waals surface area contributed by atoms with Gasteiger partial charge in [0.05, 0.1) is 12.0 Å². The molecule has 1 aliphatic heterocycles. The van der Waals surface area contributed by atoms with E-state index >= 15 is 0 Å². The summed E-state index contributed by atoms with van der Waals surface area (Å²) in [5, 5.41) is 2.73. The summed E-state index contributed by atoms with van der Waals surface area (Å²) in [5.41, 5.74) is 8.67. The van der Waals surface area contributed by atoms with Crippen LogP contribution in [-0.4, -0.2) is 54.2 Å². The molecule has 208 valence electrons. The number of aryl methyl sites for hydroxylation is 2. The summed E-state index contributed by atoms with van der Waals surface area (Å²) < 4.78 is 5.16. The van der Waals surface area contributed by atoms with Gasteiger partial charge >= 0.3 is 0 Å². The summed E-state index contributed by atoms with van der Waals surface area (Å²) in [6.07, 6.45) is 3.66. The van der Waals surface area contributed by atoms with Crippen molar-refractivity contribution in [3.8, 4) is 0 Å². The summed E-state index contributed by atoms with van der Waals surface area (Å²) in [7, 11) is 1.40. The molecule has 0 aliphatic carbocycles. The third-order valence-corrected chi connectivity index (χ3v) is 8.04. The van der Waals surface area contributed by atoms with Crippen LogP contribution in [0, 0.1) is 19.8 Å². The van der Waals surface area contributed by atoms with E-state index in [9.17, 15) is 19.2 Å². The second-order valence-electron chi connectivity index (χ2n) is 9.89. The maximum atomic E-state index is 14.4. The molecule has 2 aromatic carbocycles. The maximum Gasteiger partial charge on any atom is 0.249 e. The molecular weight excluding hydrogens is 526 g/mol. The van der Waals surface area contributed by atoms with E-state index in [2.05, 4.69) is 5.32 Å². The number of nitrogens with two attached hydrogens (primary N) is 1. The first kappa shape index (κ1) is 28.9. The van der Waals surface area contributed by atoms with Gasteiger partial charge in [0.25, 0.3) is 0 Å². The molecule has 3 N–H and O–H groups in total. The van der Waals surface area contributed by atoms with E-state index in [-0.39, 0.29) is 18.3 Å². The lowest BCUT2D eigenvalue weighted by molar-refractivity contribution is -0.141. The van der Waals surface area contributed by atoms with Gasteiger partial charge < -0.3 is 20.7 Å². The van der Waals surface area contributed by atoms with Gasteiger partial charge in [-0.15, -0.1) is 11.3 Å². The third-order valence-electron chi connectivity index (χ3n) is 7.07. The number of amides is 3. The van der Waals surface area contributed by atoms with Crippen molar-refractivity contribution in [1.82, 2.24) is 4.90 Å². The van der Waals surface area contributed by atoms with Crippen LogP contribution < -0.4 is 11.1 Å². The number of methoxy groups -OCH3 is 1. The average Bonchev–Trinajstić information content (AvgIpc) is 3.44. The Morgan fingerprint density at radius 1 is 1.05 bits per heavy atom. The van der Waals surface area contributed by atoms with Gasteiger partial charge in [-0.3, -0.25) is 19.2 Å². The number of thiophene rings is 1. The van der Waals surface area contributed by atoms with Crippen LogP contribution in [-0.2, 0) is 19.1 Å². The van der Waals surface area contributed by atoms with Crippen LogP contribution in [0.1, 0.15) is 44.1 Å². The predicted octanol–water partition coefficient (Wildman–Crippen LogP) is 4.33. The first-order chi connectivity index (χ1) is 19.1. The molecular formula is C31H33N3O5S. The van der Waals surface area contributed by atoms with Crippen LogP contribution in [0.5, 0.6) is 0 Å². The Balaban J connectivity index is 1.91. The summed E-state index contributed by atoms with van der Waals surface area (Å²) >= 11 is 1.52. The normalized spacial score (nSPS) is 20.6. The van der Waals surface area contributed by atoms with Crippen molar-refractivity contribution in [3.05, 3.63) is 93.2 Å². The minimum Gasteiger partial charge on any atom is -0.375 e. The Morgan fingerprint density at radius 2 is 1.73 bits per heavy atom. The van der Waals surface area contributed by atoms with Gasteiger partial charge in [-0.25, -0.2) is 0 Å². The lowest BCUT2D eigenvalue weighted by Gasteiger charge is -2.28. The first-order valence-corrected chi connectivity index (χ1v) is 13.8. The highest BCUT2D eigenvalue weighted by Crippen LogP contribution is 2.46. The highest BCUT2D eigenvalue weighted by atomic mass is 32.1. The summed E-state index contributed by atoms with van der Waals surface area (Å²) in [6, 6.07) is 16.5. The standard InChI is InChI=1S/C31H33N3O5S/c1-18-16-24(19(2)40-18)30(37)28-25(15-10-21-8-6-5-7-9-21)34(26(36)17-39-4)29(31(32)38)27(28)22-11-13-23(14-12-22)33-20(3)35/h5-16,25,27-29H,17H2,1-4H3,(H2,32,38)(H,33,35). The molecule has 1 fully saturated rings. The smallest absolute Gasteiger partial charge is 0.249 e. The zero-order chi connectivity index (χ0) is 29.0. The molecule has 0 bridgehead atoms. The van der Waals surface area contributed by atoms with Gasteiger partial charge in [-0.05, 0) is 43.2 Å². The lowest BCUT2D eigenvalue weighted by Crippen LogP contribution is -2.49. The van der Waals surface area contributed by atoms with Gasteiger partial charge in [0.2, 0.25) is 17.7 Å². The van der Waals surface area contributed by atoms with Crippen molar-refractivity contribution in [3.63, 3.8) is 0 Å². The molecule has 1 aliphatic rings. The average molecular weight is 560 g/mol. The van der Waals surface area contributed by atoms with Crippen molar-refractivity contribution in [1.29, 1.82) is 0 Å². The number of anilines is 1. The van der Waals surface area contributed by atoms with Crippen LogP contribution in [0.2, 0.25) is 0 Å². The molecule has 3 amide bonds. The number of hydrogen-bond acceptors (Lipinski definition) is 6. The van der Waals surface area contributed by atoms with E-state index in [1.807, 2.05) is 62.4 Å². The zero-order valence-electron chi connectivity index (χ0n) is 22.9. The summed E-state index contributed by atoms with van der Waals surface area (Å²) in [4.78, 5) is 55.8. The molecule has 1 aromatic heterocycles. The molecule has 4 unspecified atom stereocenters. The van der Waals surface area contributed by atoms with Gasteiger partial charge in [0.1, 0.15) is 12.6 Å². The van der Waals surface area contributed by atoms with E-state index < -0.39 is 35.7 Å². The number of nitrogens with one attached hydrogen (secondary N) is 1. The van der Waals surface area contributed by atoms with Crippen LogP contribution in [0.3, 0.4) is 0 Å². The van der Waals surface area contributed by atoms with E-state index in [4.69, 9.17) is 10.5 Å². The number of primary amides is 1. The largest absolute Gasteiger partial charge is 0.375 e. The number of carbonyl (C=O) groups is 4. The highest BCUT2D eigenvalue weighted by Gasteiger charge is 2.55. The molecule has 1 saturated heterocycles. The summed E-state index contributed by atoms with van der Waals surface area (Å²) in [6.45, 7) is 4.97. The van der Waals surface area contributed by atoms with Crippen molar-refractivity contribution in [2.75, 3.05) is 19.0 Å². The maximum absolute atomic E-state index is 14.4. The Labute approximate surface area is 237 Å². The van der Waals surface area contributed by atoms with Crippen molar-refractivity contribution in [2.24, 2.45) is 11.7 Å². The Bertz CT molecular complexity index is 1430. The van der Waals surface area contributed by atoms with Crippen LogP contribution >= 0.6 is 11.3 Å². The number of hydrogen-bond donors (Lipinski definition) is 2. The fraction of sp³-hybridized carbons (Fsp3) is 0.290. The fourth-order valence-corrected chi connectivity index (χ4v) is 6.44. The number of benzene rings is 2. The summed E-state index contributed by atoms with van der Waals surface area (Å²) in [5.74, 6) is -3.09. The van der Waals surface area contributed by atoms with Gasteiger partial charge in [-0.1, -0.05) is 54.6 Å². The lowest BCUT2D eigenvalue weighted by atomic mass is 9.77. The molecule has 8 nitrogen and oxygen atoms in total. The number of likely N-dealkylation sites (tertiary alicyclic amines) is 1. The minimum absolute atomic E-state index is 0.167. The Kier molecular flexibility index (Phi) is 8.96. The monoisotopic (exact) mass is 559 g/mol. The van der Waals surface area contributed by atoms with Crippen LogP contribution in [0.25, 0.3) is 6.08 Å². The van der Waals surface area contributed by atoms with Gasteiger partial charge in [0, 0.05) is 41.0 Å². The van der Waals surface area contributed by atoms with Crippen molar-refractivity contribution in [2.45, 2.75) is 38.8 Å². The number of carbonyl (C=O) groups excluding carboxylic acids is 4. The van der Waals surface area contributed by atoms with Crippen LogP contribution in [0.4, 0.5) is 5.69 Å². The molecule has 9 heteroatoms. The van der Waals surface area contributed by atoms with Gasteiger partial charge in [-0.2, -0.15) is 0 Å². The number of Topliss-reactive ketones (excluding diaryl/α,β-unsaturated/α-hetero) is 1. The SMILES string of the molecule is COCC(=O)N1C(C=Cc2ccccc2)C(C(=O)c2cc(C)sc2C)C(c2ccc(NC(C)=O)cc2)C1C(N)=O. The number of ether oxygens (including phenoxy) is 1. The van der Waals surface area contributed by atoms with Gasteiger partial charge in [0.15, 0.2) is 5.78 Å². The van der Waals surface area contributed by atoms with E-state index in [0.29, 0.717) is 16.8 Å². The minimum atomic E-state index is -1.10. The van der Waals surface area contributed by atoms with E-state index in [0.717, 1.165) is 15.3 Å². The molecule has 0 radical (unpaired) electrons. The molecule has 0 saturated carbocycles. The molecule has 2 heterocycles. The second-order valence-corrected chi connectivity index (χ2v) is 11.3. The Hall–Kier alpha value is -4.08. The topological polar surface area (TPSA) is 119 Å². The molecule has 0 spiro atoms. The van der Waals surface area contributed by atoms with E-state index in [1.54, 1.807) is 24.3 Å². The zero-order valence-corrected chi connectivity index (χ0v) is 23.7. The molecule has 3 aromatic rings. The first-order valence-electron chi connectivity index (χ1n) is 12.9. The quantitative estimate of drug-likeness (QED) is 0.378. The highest BCUT2D eigenvalue weighted by molar-refractivity contribution is 7.12. The molecule has 40 heavy (non-hydrogen) atoms.